The van der Waals surface area contributed by atoms with Crippen molar-refractivity contribution in [2.45, 2.75) is 39.2 Å². The Labute approximate surface area is 172 Å². The van der Waals surface area contributed by atoms with Gasteiger partial charge >= 0.3 is 5.97 Å². The van der Waals surface area contributed by atoms with Crippen LogP contribution >= 0.6 is 0 Å². The average Bonchev–Trinajstić information content (AvgIpc) is 2.71. The molecule has 1 N–H and O–H groups in total. The normalized spacial score (nSPS) is 11.5. The van der Waals surface area contributed by atoms with Crippen LogP contribution in [-0.2, 0) is 20.7 Å². The number of methoxy groups -OCH3 is 3. The lowest BCUT2D eigenvalue weighted by atomic mass is 10.00. The summed E-state index contributed by atoms with van der Waals surface area (Å²) in [6.07, 6.45) is 0.991. The van der Waals surface area contributed by atoms with Crippen LogP contribution in [0.5, 0.6) is 11.5 Å². The lowest BCUT2D eigenvalue weighted by molar-refractivity contribution is -0.141. The van der Waals surface area contributed by atoms with Gasteiger partial charge in [0, 0.05) is 6.42 Å². The van der Waals surface area contributed by atoms with Gasteiger partial charge in [-0.3, -0.25) is 9.59 Å². The SMILES string of the molecule is COC(=O)CC(NC(=O)CCc1ccc(C)cc1C)c1ccc(OC)c(OC)c1. The van der Waals surface area contributed by atoms with Crippen molar-refractivity contribution in [3.63, 3.8) is 0 Å². The van der Waals surface area contributed by atoms with E-state index in [9.17, 15) is 9.59 Å². The number of nitrogens with one attached hydrogen (secondary N) is 1. The molecule has 0 bridgehead atoms. The molecule has 0 aliphatic heterocycles. The van der Waals surface area contributed by atoms with E-state index in [2.05, 4.69) is 17.4 Å². The first-order valence-electron chi connectivity index (χ1n) is 9.52. The van der Waals surface area contributed by atoms with Gasteiger partial charge in [-0.1, -0.05) is 29.8 Å². The third-order valence-electron chi connectivity index (χ3n) is 4.86. The number of hydrogen-bond acceptors (Lipinski definition) is 5. The summed E-state index contributed by atoms with van der Waals surface area (Å²) in [5, 5.41) is 2.95. The average molecular weight is 399 g/mol. The van der Waals surface area contributed by atoms with E-state index < -0.39 is 12.0 Å². The van der Waals surface area contributed by atoms with Gasteiger partial charge in [0.15, 0.2) is 11.5 Å². The highest BCUT2D eigenvalue weighted by Gasteiger charge is 2.20. The van der Waals surface area contributed by atoms with Crippen molar-refractivity contribution in [2.24, 2.45) is 0 Å². The molecule has 156 valence electrons. The van der Waals surface area contributed by atoms with Gasteiger partial charge in [-0.05, 0) is 49.1 Å². The van der Waals surface area contributed by atoms with Crippen LogP contribution in [0.3, 0.4) is 0 Å². The summed E-state index contributed by atoms with van der Waals surface area (Å²) in [5.41, 5.74) is 4.25. The minimum atomic E-state index is -0.520. The first kappa shape index (κ1) is 22.3. The van der Waals surface area contributed by atoms with E-state index in [4.69, 9.17) is 14.2 Å². The van der Waals surface area contributed by atoms with Crippen LogP contribution in [0.1, 0.15) is 41.1 Å². The Kier molecular flexibility index (Phi) is 8.07. The zero-order valence-corrected chi connectivity index (χ0v) is 17.7. The molecule has 6 nitrogen and oxygen atoms in total. The fraction of sp³-hybridized carbons (Fsp3) is 0.391. The molecule has 2 aromatic rings. The molecule has 0 fully saturated rings. The molecule has 0 saturated heterocycles. The molecule has 0 aliphatic carbocycles. The van der Waals surface area contributed by atoms with Crippen molar-refractivity contribution in [2.75, 3.05) is 21.3 Å². The van der Waals surface area contributed by atoms with Crippen molar-refractivity contribution in [1.29, 1.82) is 0 Å². The van der Waals surface area contributed by atoms with Crippen LogP contribution in [0.4, 0.5) is 0 Å². The Bertz CT molecular complexity index is 862. The Hall–Kier alpha value is -3.02. The van der Waals surface area contributed by atoms with E-state index >= 15 is 0 Å². The third-order valence-corrected chi connectivity index (χ3v) is 4.86. The Morgan fingerprint density at radius 1 is 0.966 bits per heavy atom. The second-order valence-corrected chi connectivity index (χ2v) is 6.94. The second-order valence-electron chi connectivity index (χ2n) is 6.94. The standard InChI is InChI=1S/C23H29NO5/c1-15-6-7-17(16(2)12-15)9-11-22(25)24-19(14-23(26)29-5)18-8-10-20(27-3)21(13-18)28-4/h6-8,10,12-13,19H,9,11,14H2,1-5H3,(H,24,25). The Morgan fingerprint density at radius 2 is 1.69 bits per heavy atom. The topological polar surface area (TPSA) is 73.9 Å². The fourth-order valence-electron chi connectivity index (χ4n) is 3.21. The minimum absolute atomic E-state index is 0.0291. The van der Waals surface area contributed by atoms with Gasteiger partial charge in [0.2, 0.25) is 5.91 Å². The number of aryl methyl sites for hydroxylation is 3. The van der Waals surface area contributed by atoms with Crippen molar-refractivity contribution >= 4 is 11.9 Å². The first-order valence-corrected chi connectivity index (χ1v) is 9.52. The lowest BCUT2D eigenvalue weighted by Crippen LogP contribution is -2.30. The number of esters is 1. The zero-order valence-electron chi connectivity index (χ0n) is 17.7. The van der Waals surface area contributed by atoms with Gasteiger partial charge in [-0.25, -0.2) is 0 Å². The smallest absolute Gasteiger partial charge is 0.307 e. The van der Waals surface area contributed by atoms with Gasteiger partial charge in [-0.2, -0.15) is 0 Å². The van der Waals surface area contributed by atoms with Crippen molar-refractivity contribution in [3.05, 3.63) is 58.7 Å². The second kappa shape index (κ2) is 10.5. The van der Waals surface area contributed by atoms with Gasteiger partial charge in [0.1, 0.15) is 0 Å². The maximum absolute atomic E-state index is 12.6. The third kappa shape index (κ3) is 6.24. The highest BCUT2D eigenvalue weighted by atomic mass is 16.5. The molecule has 0 spiro atoms. The molecule has 1 amide bonds. The molecule has 0 heterocycles. The molecule has 2 aromatic carbocycles. The highest BCUT2D eigenvalue weighted by molar-refractivity contribution is 5.78. The van der Waals surface area contributed by atoms with Crippen LogP contribution in [0.2, 0.25) is 0 Å². The minimum Gasteiger partial charge on any atom is -0.493 e. The number of carbonyl (C=O) groups excluding carboxylic acids is 2. The number of amides is 1. The predicted molar refractivity (Wildman–Crippen MR) is 111 cm³/mol. The molecule has 2 rings (SSSR count). The molecule has 0 radical (unpaired) electrons. The molecule has 0 saturated carbocycles. The van der Waals surface area contributed by atoms with E-state index in [1.807, 2.05) is 19.9 Å². The predicted octanol–water partition coefficient (Wildman–Crippen LogP) is 3.67. The molecular formula is C23H29NO5. The van der Waals surface area contributed by atoms with Crippen molar-refractivity contribution < 1.29 is 23.8 Å². The Balaban J connectivity index is 2.13. The summed E-state index contributed by atoms with van der Waals surface area (Å²) in [5.74, 6) is 0.576. The molecule has 6 heteroatoms. The summed E-state index contributed by atoms with van der Waals surface area (Å²) in [6.45, 7) is 4.09. The van der Waals surface area contributed by atoms with Crippen LogP contribution in [0.15, 0.2) is 36.4 Å². The highest BCUT2D eigenvalue weighted by Crippen LogP contribution is 2.31. The zero-order chi connectivity index (χ0) is 21.4. The van der Waals surface area contributed by atoms with Crippen LogP contribution in [0, 0.1) is 13.8 Å². The van der Waals surface area contributed by atoms with Crippen LogP contribution < -0.4 is 14.8 Å². The van der Waals surface area contributed by atoms with Gasteiger partial charge in [0.05, 0.1) is 33.8 Å². The van der Waals surface area contributed by atoms with E-state index in [-0.39, 0.29) is 12.3 Å². The van der Waals surface area contributed by atoms with E-state index in [0.717, 1.165) is 11.1 Å². The largest absolute Gasteiger partial charge is 0.493 e. The van der Waals surface area contributed by atoms with E-state index in [1.54, 1.807) is 32.4 Å². The molecule has 1 atom stereocenters. The number of ether oxygens (including phenoxy) is 3. The van der Waals surface area contributed by atoms with Crippen molar-refractivity contribution in [3.8, 4) is 11.5 Å². The van der Waals surface area contributed by atoms with Crippen LogP contribution in [0.25, 0.3) is 0 Å². The molecule has 0 aliphatic rings. The molecule has 0 aromatic heterocycles. The lowest BCUT2D eigenvalue weighted by Gasteiger charge is -2.20. The van der Waals surface area contributed by atoms with Gasteiger partial charge < -0.3 is 19.5 Å². The maximum Gasteiger partial charge on any atom is 0.307 e. The van der Waals surface area contributed by atoms with E-state index in [0.29, 0.717) is 24.3 Å². The number of carbonyl (C=O) groups is 2. The molecule has 1 unspecified atom stereocenters. The summed E-state index contributed by atoms with van der Waals surface area (Å²) in [4.78, 5) is 24.5. The Morgan fingerprint density at radius 3 is 2.31 bits per heavy atom. The van der Waals surface area contributed by atoms with Gasteiger partial charge in [0.25, 0.3) is 0 Å². The summed E-state index contributed by atoms with van der Waals surface area (Å²) in [6, 6.07) is 11.0. The molecule has 29 heavy (non-hydrogen) atoms. The van der Waals surface area contributed by atoms with Crippen LogP contribution in [-0.4, -0.2) is 33.2 Å². The number of benzene rings is 2. The number of rotatable bonds is 9. The monoisotopic (exact) mass is 399 g/mol. The maximum atomic E-state index is 12.6. The fourth-order valence-corrected chi connectivity index (χ4v) is 3.21. The van der Waals surface area contributed by atoms with Crippen molar-refractivity contribution in [1.82, 2.24) is 5.32 Å². The molecular weight excluding hydrogens is 370 g/mol. The van der Waals surface area contributed by atoms with E-state index in [1.165, 1.54) is 18.2 Å². The number of hydrogen-bond donors (Lipinski definition) is 1. The summed E-state index contributed by atoms with van der Waals surface area (Å²) >= 11 is 0. The summed E-state index contributed by atoms with van der Waals surface area (Å²) < 4.78 is 15.4. The first-order chi connectivity index (χ1) is 13.9. The quantitative estimate of drug-likeness (QED) is 0.651. The summed E-state index contributed by atoms with van der Waals surface area (Å²) in [7, 11) is 4.42. The van der Waals surface area contributed by atoms with Gasteiger partial charge in [-0.15, -0.1) is 0 Å².